The van der Waals surface area contributed by atoms with Crippen LogP contribution in [0.1, 0.15) is 24.1 Å². The Kier molecular flexibility index (Phi) is 4.63. The fourth-order valence-electron chi connectivity index (χ4n) is 2.16. The molecule has 1 aromatic heterocycles. The van der Waals surface area contributed by atoms with E-state index < -0.39 is 11.6 Å². The zero-order chi connectivity index (χ0) is 14.5. The van der Waals surface area contributed by atoms with Gasteiger partial charge in [-0.15, -0.1) is 0 Å². The lowest BCUT2D eigenvalue weighted by Crippen LogP contribution is -2.23. The molecule has 0 saturated carbocycles. The summed E-state index contributed by atoms with van der Waals surface area (Å²) >= 11 is 0. The van der Waals surface area contributed by atoms with Crippen LogP contribution in [-0.2, 0) is 6.42 Å². The van der Waals surface area contributed by atoms with Crippen LogP contribution in [0.15, 0.2) is 36.7 Å². The van der Waals surface area contributed by atoms with Crippen LogP contribution in [0, 0.1) is 11.6 Å². The van der Waals surface area contributed by atoms with Crippen molar-refractivity contribution in [3.05, 3.63) is 59.4 Å². The molecule has 2 rings (SSSR count). The number of nitrogens with two attached hydrogens (primary N) is 1. The maximum atomic E-state index is 13.3. The van der Waals surface area contributed by atoms with Crippen molar-refractivity contribution in [2.24, 2.45) is 0 Å². The number of nitrogens with zero attached hydrogens (tertiary/aromatic N) is 1. The fraction of sp³-hybridized carbons (Fsp3) is 0.267. The maximum Gasteiger partial charge on any atom is 0.126 e. The zero-order valence-corrected chi connectivity index (χ0v) is 11.2. The molecule has 0 aliphatic carbocycles. The van der Waals surface area contributed by atoms with Crippen LogP contribution in [0.5, 0.6) is 0 Å². The molecule has 0 radical (unpaired) electrons. The number of likely N-dealkylation sites (N-methyl/N-ethyl adjacent to an activating group) is 1. The van der Waals surface area contributed by atoms with E-state index in [1.165, 1.54) is 12.1 Å². The van der Waals surface area contributed by atoms with Crippen molar-refractivity contribution in [2.75, 3.05) is 12.3 Å². The number of anilines is 1. The van der Waals surface area contributed by atoms with E-state index in [-0.39, 0.29) is 6.04 Å². The number of halogens is 2. The van der Waals surface area contributed by atoms with Crippen molar-refractivity contribution in [3.8, 4) is 0 Å². The molecule has 0 bridgehead atoms. The summed E-state index contributed by atoms with van der Waals surface area (Å²) in [4.78, 5) is 4.03. The van der Waals surface area contributed by atoms with Crippen LogP contribution >= 0.6 is 0 Å². The van der Waals surface area contributed by atoms with Gasteiger partial charge in [-0.05, 0) is 42.3 Å². The number of hydrogen-bond donors (Lipinski definition) is 2. The Bertz CT molecular complexity index is 567. The monoisotopic (exact) mass is 277 g/mol. The minimum atomic E-state index is -0.581. The Morgan fingerprint density at radius 1 is 1.25 bits per heavy atom. The Balaban J connectivity index is 2.29. The predicted molar refractivity (Wildman–Crippen MR) is 75.1 cm³/mol. The number of rotatable bonds is 5. The van der Waals surface area contributed by atoms with E-state index in [1.54, 1.807) is 18.5 Å². The number of pyridine rings is 1. The van der Waals surface area contributed by atoms with Crippen molar-refractivity contribution in [1.29, 1.82) is 0 Å². The van der Waals surface area contributed by atoms with Crippen molar-refractivity contribution in [1.82, 2.24) is 10.3 Å². The molecule has 1 unspecified atom stereocenters. The van der Waals surface area contributed by atoms with Gasteiger partial charge in [-0.1, -0.05) is 6.92 Å². The van der Waals surface area contributed by atoms with Crippen LogP contribution < -0.4 is 11.1 Å². The quantitative estimate of drug-likeness (QED) is 0.883. The molecular formula is C15H17F2N3. The van der Waals surface area contributed by atoms with Crippen LogP contribution in [-0.4, -0.2) is 11.5 Å². The number of nitrogen functional groups attached to an aromatic ring is 1. The Morgan fingerprint density at radius 2 is 1.95 bits per heavy atom. The minimum absolute atomic E-state index is 0.211. The minimum Gasteiger partial charge on any atom is -0.398 e. The maximum absolute atomic E-state index is 13.3. The standard InChI is InChI=1S/C15H17F2N3/c1-2-20-15(7-11-9-19-4-3-14(11)18)10-5-12(16)8-13(17)6-10/h3-6,8-9,15,20H,2,7H2,1H3,(H2,18,19). The summed E-state index contributed by atoms with van der Waals surface area (Å²) in [5.41, 5.74) is 7.92. The van der Waals surface area contributed by atoms with Gasteiger partial charge in [0.15, 0.2) is 0 Å². The first-order chi connectivity index (χ1) is 9.60. The van der Waals surface area contributed by atoms with Gasteiger partial charge in [-0.3, -0.25) is 4.98 Å². The highest BCUT2D eigenvalue weighted by Crippen LogP contribution is 2.22. The second-order valence-corrected chi connectivity index (χ2v) is 4.59. The summed E-state index contributed by atoms with van der Waals surface area (Å²) in [5.74, 6) is -1.16. The third-order valence-electron chi connectivity index (χ3n) is 3.10. The number of benzene rings is 1. The summed E-state index contributed by atoms with van der Waals surface area (Å²) in [6, 6.07) is 5.04. The average Bonchev–Trinajstić information content (AvgIpc) is 2.39. The van der Waals surface area contributed by atoms with Gasteiger partial charge in [0.1, 0.15) is 11.6 Å². The molecule has 1 heterocycles. The smallest absolute Gasteiger partial charge is 0.126 e. The molecular weight excluding hydrogens is 260 g/mol. The first-order valence-electron chi connectivity index (χ1n) is 6.48. The van der Waals surface area contributed by atoms with E-state index in [9.17, 15) is 8.78 Å². The number of nitrogens with one attached hydrogen (secondary N) is 1. The Labute approximate surface area is 116 Å². The molecule has 1 aromatic carbocycles. The lowest BCUT2D eigenvalue weighted by Gasteiger charge is -2.19. The normalized spacial score (nSPS) is 12.3. The van der Waals surface area contributed by atoms with Gasteiger partial charge in [0, 0.05) is 30.2 Å². The van der Waals surface area contributed by atoms with E-state index in [0.29, 0.717) is 24.2 Å². The molecule has 0 aliphatic rings. The van der Waals surface area contributed by atoms with Gasteiger partial charge >= 0.3 is 0 Å². The second-order valence-electron chi connectivity index (χ2n) is 4.59. The largest absolute Gasteiger partial charge is 0.398 e. The first-order valence-corrected chi connectivity index (χ1v) is 6.48. The van der Waals surface area contributed by atoms with Gasteiger partial charge in [0.2, 0.25) is 0 Å². The fourth-order valence-corrected chi connectivity index (χ4v) is 2.16. The van der Waals surface area contributed by atoms with Gasteiger partial charge in [0.25, 0.3) is 0 Å². The molecule has 3 N–H and O–H groups in total. The lowest BCUT2D eigenvalue weighted by atomic mass is 9.98. The molecule has 106 valence electrons. The summed E-state index contributed by atoms with van der Waals surface area (Å²) in [7, 11) is 0. The average molecular weight is 277 g/mol. The molecule has 20 heavy (non-hydrogen) atoms. The van der Waals surface area contributed by atoms with Crippen LogP contribution in [0.3, 0.4) is 0 Å². The highest BCUT2D eigenvalue weighted by atomic mass is 19.1. The van der Waals surface area contributed by atoms with E-state index in [1.807, 2.05) is 6.92 Å². The Morgan fingerprint density at radius 3 is 2.55 bits per heavy atom. The second kappa shape index (κ2) is 6.43. The molecule has 0 saturated heterocycles. The molecule has 0 spiro atoms. The molecule has 5 heteroatoms. The van der Waals surface area contributed by atoms with E-state index in [0.717, 1.165) is 11.6 Å². The molecule has 0 amide bonds. The summed E-state index contributed by atoms with van der Waals surface area (Å²) < 4.78 is 26.7. The predicted octanol–water partition coefficient (Wildman–Crippen LogP) is 2.84. The van der Waals surface area contributed by atoms with Crippen LogP contribution in [0.2, 0.25) is 0 Å². The van der Waals surface area contributed by atoms with Crippen molar-refractivity contribution < 1.29 is 8.78 Å². The molecule has 1 atom stereocenters. The van der Waals surface area contributed by atoms with Gasteiger partial charge < -0.3 is 11.1 Å². The highest BCUT2D eigenvalue weighted by Gasteiger charge is 2.15. The SMILES string of the molecule is CCNC(Cc1cnccc1N)c1cc(F)cc(F)c1. The highest BCUT2D eigenvalue weighted by molar-refractivity contribution is 5.45. The number of hydrogen-bond acceptors (Lipinski definition) is 3. The third kappa shape index (κ3) is 3.51. The number of aromatic nitrogens is 1. The molecule has 0 fully saturated rings. The van der Waals surface area contributed by atoms with E-state index in [4.69, 9.17) is 5.73 Å². The zero-order valence-electron chi connectivity index (χ0n) is 11.2. The summed E-state index contributed by atoms with van der Waals surface area (Å²) in [5, 5.41) is 3.21. The first kappa shape index (κ1) is 14.4. The van der Waals surface area contributed by atoms with Gasteiger partial charge in [-0.25, -0.2) is 8.78 Å². The molecule has 2 aromatic rings. The van der Waals surface area contributed by atoms with Gasteiger partial charge in [0.05, 0.1) is 0 Å². The third-order valence-corrected chi connectivity index (χ3v) is 3.10. The van der Waals surface area contributed by atoms with Crippen molar-refractivity contribution >= 4 is 5.69 Å². The topological polar surface area (TPSA) is 50.9 Å². The summed E-state index contributed by atoms with van der Waals surface area (Å²) in [6.07, 6.45) is 3.81. The van der Waals surface area contributed by atoms with E-state index >= 15 is 0 Å². The lowest BCUT2D eigenvalue weighted by molar-refractivity contribution is 0.529. The Hall–Kier alpha value is -2.01. The molecule has 3 nitrogen and oxygen atoms in total. The summed E-state index contributed by atoms with van der Waals surface area (Å²) in [6.45, 7) is 2.62. The van der Waals surface area contributed by atoms with Crippen molar-refractivity contribution in [2.45, 2.75) is 19.4 Å². The molecule has 0 aliphatic heterocycles. The van der Waals surface area contributed by atoms with Gasteiger partial charge in [-0.2, -0.15) is 0 Å². The van der Waals surface area contributed by atoms with Crippen LogP contribution in [0.25, 0.3) is 0 Å². The van der Waals surface area contributed by atoms with E-state index in [2.05, 4.69) is 10.3 Å². The van der Waals surface area contributed by atoms with Crippen molar-refractivity contribution in [3.63, 3.8) is 0 Å². The van der Waals surface area contributed by atoms with Crippen LogP contribution in [0.4, 0.5) is 14.5 Å².